The Morgan fingerprint density at radius 3 is 2.67 bits per heavy atom. The van der Waals surface area contributed by atoms with Crippen molar-refractivity contribution in [3.63, 3.8) is 0 Å². The first-order chi connectivity index (χ1) is 8.59. The van der Waals surface area contributed by atoms with Gasteiger partial charge in [-0.25, -0.2) is 8.78 Å². The zero-order valence-corrected chi connectivity index (χ0v) is 10.8. The van der Waals surface area contributed by atoms with Crippen molar-refractivity contribution in [1.82, 2.24) is 0 Å². The van der Waals surface area contributed by atoms with E-state index in [0.717, 1.165) is 18.8 Å². The van der Waals surface area contributed by atoms with E-state index in [0.29, 0.717) is 6.54 Å². The quantitative estimate of drug-likeness (QED) is 0.616. The van der Waals surface area contributed by atoms with E-state index in [9.17, 15) is 8.78 Å². The summed E-state index contributed by atoms with van der Waals surface area (Å²) in [4.78, 5) is -0.133. The molecule has 0 saturated heterocycles. The van der Waals surface area contributed by atoms with Crippen LogP contribution in [0.1, 0.15) is 31.2 Å². The molecule has 18 heavy (non-hydrogen) atoms. The first kappa shape index (κ1) is 13.2. The molecule has 0 aliphatic heterocycles. The standard InChI is InChI=1S/C13H16F2N2S/c14-11-9(13(16)18)5-6-10(12(11)15)17-7-1-2-8-3-4-8/h5-6,8,17H,1-4,7H2,(H2,16,18). The summed E-state index contributed by atoms with van der Waals surface area (Å²) in [5.41, 5.74) is 5.42. The Hall–Kier alpha value is -1.23. The van der Waals surface area contributed by atoms with Crippen molar-refractivity contribution in [2.24, 2.45) is 11.7 Å². The van der Waals surface area contributed by atoms with Crippen LogP contribution in [0.4, 0.5) is 14.5 Å². The van der Waals surface area contributed by atoms with E-state index in [1.165, 1.54) is 25.0 Å². The van der Waals surface area contributed by atoms with Crippen molar-refractivity contribution in [2.45, 2.75) is 25.7 Å². The van der Waals surface area contributed by atoms with Gasteiger partial charge < -0.3 is 11.1 Å². The second-order valence-electron chi connectivity index (χ2n) is 4.67. The Labute approximate surface area is 111 Å². The van der Waals surface area contributed by atoms with Gasteiger partial charge in [0.1, 0.15) is 4.99 Å². The number of hydrogen-bond acceptors (Lipinski definition) is 2. The van der Waals surface area contributed by atoms with E-state index < -0.39 is 11.6 Å². The van der Waals surface area contributed by atoms with Crippen LogP contribution in [0.15, 0.2) is 12.1 Å². The molecular formula is C13H16F2N2S. The highest BCUT2D eigenvalue weighted by molar-refractivity contribution is 7.80. The van der Waals surface area contributed by atoms with Crippen LogP contribution < -0.4 is 11.1 Å². The van der Waals surface area contributed by atoms with Crippen molar-refractivity contribution in [3.05, 3.63) is 29.3 Å². The van der Waals surface area contributed by atoms with E-state index in [-0.39, 0.29) is 16.2 Å². The normalized spacial score (nSPS) is 14.6. The van der Waals surface area contributed by atoms with Gasteiger partial charge in [0.15, 0.2) is 11.6 Å². The summed E-state index contributed by atoms with van der Waals surface area (Å²) in [5, 5.41) is 2.90. The van der Waals surface area contributed by atoms with Crippen LogP contribution in [0, 0.1) is 17.6 Å². The Balaban J connectivity index is 1.95. The van der Waals surface area contributed by atoms with Crippen LogP contribution in [0.2, 0.25) is 0 Å². The molecule has 1 aliphatic carbocycles. The van der Waals surface area contributed by atoms with Crippen molar-refractivity contribution >= 4 is 22.9 Å². The summed E-state index contributed by atoms with van der Waals surface area (Å²) in [5.74, 6) is -1.04. The van der Waals surface area contributed by atoms with Gasteiger partial charge in [0.25, 0.3) is 0 Å². The molecular weight excluding hydrogens is 254 g/mol. The number of rotatable bonds is 6. The van der Waals surface area contributed by atoms with Gasteiger partial charge in [-0.2, -0.15) is 0 Å². The maximum atomic E-state index is 13.7. The third kappa shape index (κ3) is 3.16. The van der Waals surface area contributed by atoms with E-state index in [2.05, 4.69) is 17.5 Å². The number of benzene rings is 1. The molecule has 0 heterocycles. The third-order valence-corrected chi connectivity index (χ3v) is 3.37. The SMILES string of the molecule is NC(=S)c1ccc(NCCCC2CC2)c(F)c1F. The molecule has 1 aliphatic rings. The predicted octanol–water partition coefficient (Wildman–Crippen LogP) is 3.20. The first-order valence-electron chi connectivity index (χ1n) is 6.11. The monoisotopic (exact) mass is 270 g/mol. The van der Waals surface area contributed by atoms with Crippen LogP contribution in [-0.2, 0) is 0 Å². The van der Waals surface area contributed by atoms with E-state index in [4.69, 9.17) is 5.73 Å². The minimum absolute atomic E-state index is 0.0500. The average Bonchev–Trinajstić information content (AvgIpc) is 3.13. The van der Waals surface area contributed by atoms with E-state index in [1.807, 2.05) is 0 Å². The second-order valence-corrected chi connectivity index (χ2v) is 5.11. The van der Waals surface area contributed by atoms with Crippen molar-refractivity contribution in [3.8, 4) is 0 Å². The number of anilines is 1. The fourth-order valence-corrected chi connectivity index (χ4v) is 2.05. The van der Waals surface area contributed by atoms with Gasteiger partial charge in [-0.15, -0.1) is 0 Å². The molecule has 0 unspecified atom stereocenters. The first-order valence-corrected chi connectivity index (χ1v) is 6.52. The molecule has 0 aromatic heterocycles. The molecule has 3 N–H and O–H groups in total. The second kappa shape index (κ2) is 5.61. The lowest BCUT2D eigenvalue weighted by molar-refractivity contribution is 0.509. The highest BCUT2D eigenvalue weighted by Crippen LogP contribution is 2.33. The molecule has 98 valence electrons. The summed E-state index contributed by atoms with van der Waals surface area (Å²) >= 11 is 4.64. The fourth-order valence-electron chi connectivity index (χ4n) is 1.90. The fraction of sp³-hybridized carbons (Fsp3) is 0.462. The molecule has 1 saturated carbocycles. The van der Waals surface area contributed by atoms with Gasteiger partial charge in [0.2, 0.25) is 0 Å². The average molecular weight is 270 g/mol. The van der Waals surface area contributed by atoms with Gasteiger partial charge in [-0.3, -0.25) is 0 Å². The largest absolute Gasteiger partial charge is 0.389 e. The van der Waals surface area contributed by atoms with E-state index >= 15 is 0 Å². The Morgan fingerprint density at radius 2 is 2.06 bits per heavy atom. The molecule has 2 nitrogen and oxygen atoms in total. The molecule has 0 radical (unpaired) electrons. The number of nitrogens with one attached hydrogen (secondary N) is 1. The lowest BCUT2D eigenvalue weighted by Gasteiger charge is -2.10. The topological polar surface area (TPSA) is 38.0 Å². The minimum atomic E-state index is -0.977. The lowest BCUT2D eigenvalue weighted by atomic mass is 10.1. The van der Waals surface area contributed by atoms with Crippen molar-refractivity contribution in [1.29, 1.82) is 0 Å². The van der Waals surface area contributed by atoms with Crippen LogP contribution >= 0.6 is 12.2 Å². The highest BCUT2D eigenvalue weighted by Gasteiger charge is 2.20. The minimum Gasteiger partial charge on any atom is -0.389 e. The molecule has 1 aromatic rings. The number of halogens is 2. The van der Waals surface area contributed by atoms with Crippen LogP contribution in [-0.4, -0.2) is 11.5 Å². The number of hydrogen-bond donors (Lipinski definition) is 2. The van der Waals surface area contributed by atoms with Gasteiger partial charge in [-0.1, -0.05) is 25.1 Å². The van der Waals surface area contributed by atoms with Crippen molar-refractivity contribution in [2.75, 3.05) is 11.9 Å². The molecule has 1 aromatic carbocycles. The molecule has 0 amide bonds. The Bertz CT molecular complexity index is 459. The Morgan fingerprint density at radius 1 is 1.33 bits per heavy atom. The molecule has 0 bridgehead atoms. The smallest absolute Gasteiger partial charge is 0.182 e. The highest BCUT2D eigenvalue weighted by atomic mass is 32.1. The summed E-state index contributed by atoms with van der Waals surface area (Å²) in [6.45, 7) is 0.652. The maximum absolute atomic E-state index is 13.7. The maximum Gasteiger partial charge on any atom is 0.182 e. The lowest BCUT2D eigenvalue weighted by Crippen LogP contribution is -2.14. The zero-order chi connectivity index (χ0) is 13.1. The molecule has 0 atom stereocenters. The zero-order valence-electron chi connectivity index (χ0n) is 10.0. The molecule has 0 spiro atoms. The van der Waals surface area contributed by atoms with Crippen LogP contribution in [0.3, 0.4) is 0 Å². The predicted molar refractivity (Wildman–Crippen MR) is 72.7 cm³/mol. The van der Waals surface area contributed by atoms with Crippen LogP contribution in [0.25, 0.3) is 0 Å². The van der Waals surface area contributed by atoms with Gasteiger partial charge in [0.05, 0.1) is 5.69 Å². The molecule has 2 rings (SSSR count). The summed E-state index contributed by atoms with van der Waals surface area (Å²) < 4.78 is 27.2. The molecule has 1 fully saturated rings. The van der Waals surface area contributed by atoms with Gasteiger partial charge >= 0.3 is 0 Å². The van der Waals surface area contributed by atoms with Crippen LogP contribution in [0.5, 0.6) is 0 Å². The number of nitrogens with two attached hydrogens (primary N) is 1. The summed E-state index contributed by atoms with van der Waals surface area (Å²) in [6.07, 6.45) is 4.75. The number of thiocarbonyl (C=S) groups is 1. The van der Waals surface area contributed by atoms with Gasteiger partial charge in [0, 0.05) is 12.1 Å². The van der Waals surface area contributed by atoms with Crippen molar-refractivity contribution < 1.29 is 8.78 Å². The van der Waals surface area contributed by atoms with Gasteiger partial charge in [-0.05, 0) is 30.9 Å². The Kier molecular flexibility index (Phi) is 4.11. The summed E-state index contributed by atoms with van der Waals surface area (Å²) in [7, 11) is 0. The third-order valence-electron chi connectivity index (χ3n) is 3.15. The van der Waals surface area contributed by atoms with E-state index in [1.54, 1.807) is 0 Å². The molecule has 5 heteroatoms. The summed E-state index contributed by atoms with van der Waals surface area (Å²) in [6, 6.07) is 2.88.